The van der Waals surface area contributed by atoms with Crippen LogP contribution in [0.3, 0.4) is 0 Å². The van der Waals surface area contributed by atoms with Crippen LogP contribution in [0, 0.1) is 0 Å². The molecule has 0 bridgehead atoms. The summed E-state index contributed by atoms with van der Waals surface area (Å²) in [5.41, 5.74) is 1.37. The van der Waals surface area contributed by atoms with Crippen molar-refractivity contribution in [3.05, 3.63) is 11.8 Å². The molecule has 0 heterocycles. The van der Waals surface area contributed by atoms with Gasteiger partial charge in [-0.05, 0) is 19.4 Å². The molecule has 72 valence electrons. The van der Waals surface area contributed by atoms with E-state index < -0.39 is 0 Å². The van der Waals surface area contributed by atoms with E-state index in [2.05, 4.69) is 32.0 Å². The summed E-state index contributed by atoms with van der Waals surface area (Å²) in [6.07, 6.45) is 4.49. The van der Waals surface area contributed by atoms with Crippen molar-refractivity contribution in [2.75, 3.05) is 27.3 Å². The molecule has 0 saturated heterocycles. The van der Waals surface area contributed by atoms with Crippen LogP contribution in [0.1, 0.15) is 26.7 Å². The van der Waals surface area contributed by atoms with Gasteiger partial charge in [0.05, 0.1) is 6.61 Å². The van der Waals surface area contributed by atoms with Crippen molar-refractivity contribution in [3.8, 4) is 0 Å². The second-order valence-corrected chi connectivity index (χ2v) is 3.00. The van der Waals surface area contributed by atoms with Crippen molar-refractivity contribution in [2.24, 2.45) is 0 Å². The molecule has 0 aromatic rings. The highest BCUT2D eigenvalue weighted by Gasteiger charge is 1.96. The summed E-state index contributed by atoms with van der Waals surface area (Å²) >= 11 is 0. The zero-order chi connectivity index (χ0) is 9.40. The van der Waals surface area contributed by atoms with E-state index >= 15 is 0 Å². The molecular weight excluding hydrogens is 150 g/mol. The van der Waals surface area contributed by atoms with Crippen molar-refractivity contribution in [1.82, 2.24) is 4.90 Å². The van der Waals surface area contributed by atoms with Crippen LogP contribution in [0.2, 0.25) is 0 Å². The Hall–Kier alpha value is -0.500. The lowest BCUT2D eigenvalue weighted by molar-refractivity contribution is 0.175. The largest absolute Gasteiger partial charge is 0.381 e. The quantitative estimate of drug-likeness (QED) is 0.568. The molecule has 0 aromatic carbocycles. The van der Waals surface area contributed by atoms with Gasteiger partial charge in [0.25, 0.3) is 0 Å². The van der Waals surface area contributed by atoms with Gasteiger partial charge in [0, 0.05) is 26.4 Å². The lowest BCUT2D eigenvalue weighted by Crippen LogP contribution is -2.11. The minimum atomic E-state index is 0.740. The van der Waals surface area contributed by atoms with E-state index in [4.69, 9.17) is 4.74 Å². The van der Waals surface area contributed by atoms with E-state index in [9.17, 15) is 0 Å². The van der Waals surface area contributed by atoms with Gasteiger partial charge < -0.3 is 9.64 Å². The van der Waals surface area contributed by atoms with Gasteiger partial charge in [-0.15, -0.1) is 0 Å². The molecule has 0 radical (unpaired) electrons. The van der Waals surface area contributed by atoms with Crippen molar-refractivity contribution < 1.29 is 4.74 Å². The molecule has 0 aliphatic rings. The predicted octanol–water partition coefficient (Wildman–Crippen LogP) is 2.27. The molecular formula is C10H21NO. The molecule has 0 N–H and O–H groups in total. The van der Waals surface area contributed by atoms with Crippen LogP contribution in [0.4, 0.5) is 0 Å². The highest BCUT2D eigenvalue weighted by atomic mass is 16.5. The number of hydrogen-bond acceptors (Lipinski definition) is 2. The van der Waals surface area contributed by atoms with Gasteiger partial charge in [0.15, 0.2) is 0 Å². The molecule has 0 spiro atoms. The van der Waals surface area contributed by atoms with E-state index in [1.165, 1.54) is 12.1 Å². The maximum absolute atomic E-state index is 5.26. The van der Waals surface area contributed by atoms with Crippen LogP contribution < -0.4 is 0 Å². The third kappa shape index (κ3) is 5.19. The van der Waals surface area contributed by atoms with E-state index in [1.807, 2.05) is 6.92 Å². The molecule has 0 atom stereocenters. The fourth-order valence-electron chi connectivity index (χ4n) is 1.04. The summed E-state index contributed by atoms with van der Waals surface area (Å²) in [5, 5.41) is 0. The normalized spacial score (nSPS) is 11.8. The van der Waals surface area contributed by atoms with Crippen LogP contribution in [0.5, 0.6) is 0 Å². The summed E-state index contributed by atoms with van der Waals surface area (Å²) in [7, 11) is 4.15. The highest BCUT2D eigenvalue weighted by molar-refractivity contribution is 4.99. The van der Waals surface area contributed by atoms with Gasteiger partial charge in [0.2, 0.25) is 0 Å². The van der Waals surface area contributed by atoms with Crippen molar-refractivity contribution in [2.45, 2.75) is 26.7 Å². The molecule has 0 amide bonds. The molecule has 0 saturated carbocycles. The van der Waals surface area contributed by atoms with E-state index in [-0.39, 0.29) is 0 Å². The fraction of sp³-hybridized carbons (Fsp3) is 0.800. The number of allylic oxidation sites excluding steroid dienone is 1. The first-order valence-electron chi connectivity index (χ1n) is 4.66. The molecule has 0 aliphatic carbocycles. The number of ether oxygens (including phenoxy) is 1. The molecule has 0 unspecified atom stereocenters. The van der Waals surface area contributed by atoms with Crippen LogP contribution in [0.15, 0.2) is 11.8 Å². The van der Waals surface area contributed by atoms with Crippen molar-refractivity contribution in [3.63, 3.8) is 0 Å². The minimum Gasteiger partial charge on any atom is -0.381 e. The van der Waals surface area contributed by atoms with Crippen molar-refractivity contribution >= 4 is 0 Å². The van der Waals surface area contributed by atoms with Crippen LogP contribution >= 0.6 is 0 Å². The SMILES string of the molecule is CCC/C(=C/COCC)N(C)C. The average molecular weight is 171 g/mol. The Morgan fingerprint density at radius 2 is 2.00 bits per heavy atom. The number of rotatable bonds is 6. The maximum Gasteiger partial charge on any atom is 0.0666 e. The average Bonchev–Trinajstić information content (AvgIpc) is 2.03. The topological polar surface area (TPSA) is 12.5 Å². The fourth-order valence-corrected chi connectivity index (χ4v) is 1.04. The second kappa shape index (κ2) is 7.17. The Morgan fingerprint density at radius 3 is 2.42 bits per heavy atom. The van der Waals surface area contributed by atoms with Gasteiger partial charge in [-0.3, -0.25) is 0 Å². The van der Waals surface area contributed by atoms with E-state index in [0.717, 1.165) is 19.6 Å². The van der Waals surface area contributed by atoms with Crippen molar-refractivity contribution in [1.29, 1.82) is 0 Å². The Kier molecular flexibility index (Phi) is 6.87. The standard InChI is InChI=1S/C10H21NO/c1-5-7-10(11(3)4)8-9-12-6-2/h8H,5-7,9H2,1-4H3/b10-8-. The van der Waals surface area contributed by atoms with Gasteiger partial charge in [0.1, 0.15) is 0 Å². The Bertz CT molecular complexity index is 130. The molecule has 0 aliphatic heterocycles. The summed E-state index contributed by atoms with van der Waals surface area (Å²) in [5.74, 6) is 0. The molecule has 0 aromatic heterocycles. The van der Waals surface area contributed by atoms with Crippen LogP contribution in [0.25, 0.3) is 0 Å². The zero-order valence-electron chi connectivity index (χ0n) is 8.76. The first kappa shape index (κ1) is 11.5. The summed E-state index contributed by atoms with van der Waals surface area (Å²) in [4.78, 5) is 2.16. The molecule has 0 rings (SSSR count). The van der Waals surface area contributed by atoms with Gasteiger partial charge in [-0.25, -0.2) is 0 Å². The van der Waals surface area contributed by atoms with Gasteiger partial charge >= 0.3 is 0 Å². The van der Waals surface area contributed by atoms with Gasteiger partial charge in [-0.2, -0.15) is 0 Å². The first-order valence-corrected chi connectivity index (χ1v) is 4.66. The zero-order valence-corrected chi connectivity index (χ0v) is 8.76. The third-order valence-electron chi connectivity index (χ3n) is 1.72. The second-order valence-electron chi connectivity index (χ2n) is 3.00. The first-order chi connectivity index (χ1) is 5.72. The van der Waals surface area contributed by atoms with E-state index in [1.54, 1.807) is 0 Å². The molecule has 0 fully saturated rings. The molecule has 2 nitrogen and oxygen atoms in total. The number of hydrogen-bond donors (Lipinski definition) is 0. The smallest absolute Gasteiger partial charge is 0.0666 e. The summed E-state index contributed by atoms with van der Waals surface area (Å²) in [6, 6.07) is 0. The van der Waals surface area contributed by atoms with Crippen LogP contribution in [-0.4, -0.2) is 32.2 Å². The lowest BCUT2D eigenvalue weighted by Gasteiger charge is -2.16. The third-order valence-corrected chi connectivity index (χ3v) is 1.72. The summed E-state index contributed by atoms with van der Waals surface area (Å²) in [6.45, 7) is 5.74. The molecule has 2 heteroatoms. The molecule has 12 heavy (non-hydrogen) atoms. The van der Waals surface area contributed by atoms with E-state index in [0.29, 0.717) is 0 Å². The Labute approximate surface area is 76.2 Å². The lowest BCUT2D eigenvalue weighted by atomic mass is 10.2. The highest BCUT2D eigenvalue weighted by Crippen LogP contribution is 2.06. The minimum absolute atomic E-state index is 0.740. The Balaban J connectivity index is 3.82. The summed E-state index contributed by atoms with van der Waals surface area (Å²) < 4.78 is 5.26. The Morgan fingerprint density at radius 1 is 1.33 bits per heavy atom. The van der Waals surface area contributed by atoms with Crippen LogP contribution in [-0.2, 0) is 4.74 Å². The predicted molar refractivity (Wildman–Crippen MR) is 53.2 cm³/mol. The van der Waals surface area contributed by atoms with Gasteiger partial charge in [-0.1, -0.05) is 13.3 Å². The number of nitrogens with zero attached hydrogens (tertiary/aromatic N) is 1. The monoisotopic (exact) mass is 171 g/mol. The maximum atomic E-state index is 5.26.